The first-order chi connectivity index (χ1) is 13.7. The van der Waals surface area contributed by atoms with Gasteiger partial charge in [0.25, 0.3) is 0 Å². The summed E-state index contributed by atoms with van der Waals surface area (Å²) in [5, 5.41) is 3.58. The molecule has 0 aliphatic carbocycles. The predicted molar refractivity (Wildman–Crippen MR) is 108 cm³/mol. The molecule has 0 unspecified atom stereocenters. The molecule has 2 N–H and O–H groups in total. The van der Waals surface area contributed by atoms with Gasteiger partial charge in [0.05, 0.1) is 6.42 Å². The summed E-state index contributed by atoms with van der Waals surface area (Å²) in [4.78, 5) is 15.4. The average Bonchev–Trinajstić information content (AvgIpc) is 3.10. The number of fused-ring (bicyclic) bond motifs is 1. The Kier molecular flexibility index (Phi) is 5.06. The number of rotatable bonds is 6. The standard InChI is InChI=1S/C23H19FN2O2/c24-18-6-11-22-21(13-18)17(14-25-22)12-23(27)26-19-7-9-20(10-8-19)28-15-16-4-2-1-3-5-16/h1-11,13-14,25H,12,15H2,(H,26,27). The molecule has 5 heteroatoms. The van der Waals surface area contributed by atoms with E-state index in [0.29, 0.717) is 12.3 Å². The Bertz CT molecular complexity index is 1090. The van der Waals surface area contributed by atoms with Crippen LogP contribution in [0.2, 0.25) is 0 Å². The van der Waals surface area contributed by atoms with Crippen molar-refractivity contribution in [3.63, 3.8) is 0 Å². The Balaban J connectivity index is 1.36. The fourth-order valence-corrected chi connectivity index (χ4v) is 3.05. The fourth-order valence-electron chi connectivity index (χ4n) is 3.05. The van der Waals surface area contributed by atoms with Gasteiger partial charge in [-0.15, -0.1) is 0 Å². The van der Waals surface area contributed by atoms with Gasteiger partial charge in [-0.1, -0.05) is 30.3 Å². The van der Waals surface area contributed by atoms with Crippen molar-refractivity contribution in [2.75, 3.05) is 5.32 Å². The van der Waals surface area contributed by atoms with Gasteiger partial charge in [0.15, 0.2) is 0 Å². The number of carbonyl (C=O) groups excluding carboxylic acids is 1. The lowest BCUT2D eigenvalue weighted by Gasteiger charge is -2.08. The van der Waals surface area contributed by atoms with Crippen molar-refractivity contribution in [3.05, 3.63) is 95.9 Å². The Hall–Kier alpha value is -3.60. The van der Waals surface area contributed by atoms with E-state index in [1.807, 2.05) is 42.5 Å². The number of benzene rings is 3. The number of ether oxygens (including phenoxy) is 1. The minimum absolute atomic E-state index is 0.162. The molecule has 0 aliphatic rings. The quantitative estimate of drug-likeness (QED) is 0.495. The summed E-state index contributed by atoms with van der Waals surface area (Å²) in [5.41, 5.74) is 3.34. The van der Waals surface area contributed by atoms with Gasteiger partial charge in [0, 0.05) is 22.8 Å². The van der Waals surface area contributed by atoms with E-state index in [1.165, 1.54) is 12.1 Å². The van der Waals surface area contributed by atoms with E-state index in [0.717, 1.165) is 27.8 Å². The highest BCUT2D eigenvalue weighted by atomic mass is 19.1. The van der Waals surface area contributed by atoms with Crippen LogP contribution in [-0.2, 0) is 17.8 Å². The topological polar surface area (TPSA) is 54.1 Å². The van der Waals surface area contributed by atoms with Gasteiger partial charge in [-0.25, -0.2) is 4.39 Å². The monoisotopic (exact) mass is 374 g/mol. The van der Waals surface area contributed by atoms with Crippen LogP contribution in [0, 0.1) is 5.82 Å². The second-order valence-electron chi connectivity index (χ2n) is 6.53. The second-order valence-corrected chi connectivity index (χ2v) is 6.53. The van der Waals surface area contributed by atoms with Crippen LogP contribution in [-0.4, -0.2) is 10.9 Å². The van der Waals surface area contributed by atoms with Crippen molar-refractivity contribution in [2.45, 2.75) is 13.0 Å². The molecule has 0 bridgehead atoms. The molecule has 0 saturated heterocycles. The molecule has 1 aromatic heterocycles. The number of hydrogen-bond acceptors (Lipinski definition) is 2. The van der Waals surface area contributed by atoms with E-state index in [2.05, 4.69) is 10.3 Å². The highest BCUT2D eigenvalue weighted by Crippen LogP contribution is 2.21. The highest BCUT2D eigenvalue weighted by molar-refractivity contribution is 5.95. The van der Waals surface area contributed by atoms with E-state index in [9.17, 15) is 9.18 Å². The van der Waals surface area contributed by atoms with Gasteiger partial charge in [-0.2, -0.15) is 0 Å². The molecule has 0 spiro atoms. The van der Waals surface area contributed by atoms with Crippen LogP contribution in [0.15, 0.2) is 79.0 Å². The Labute approximate surface area is 162 Å². The largest absolute Gasteiger partial charge is 0.489 e. The minimum atomic E-state index is -0.320. The molecule has 0 saturated carbocycles. The number of nitrogens with one attached hydrogen (secondary N) is 2. The molecule has 1 amide bonds. The average molecular weight is 374 g/mol. The van der Waals surface area contributed by atoms with Crippen LogP contribution < -0.4 is 10.1 Å². The Morgan fingerprint density at radius 2 is 1.79 bits per heavy atom. The third-order valence-electron chi connectivity index (χ3n) is 4.47. The lowest BCUT2D eigenvalue weighted by molar-refractivity contribution is -0.115. The third-order valence-corrected chi connectivity index (χ3v) is 4.47. The molecule has 28 heavy (non-hydrogen) atoms. The first-order valence-corrected chi connectivity index (χ1v) is 8.99. The van der Waals surface area contributed by atoms with Crippen molar-refractivity contribution < 1.29 is 13.9 Å². The van der Waals surface area contributed by atoms with E-state index < -0.39 is 0 Å². The number of H-pyrrole nitrogens is 1. The predicted octanol–water partition coefficient (Wildman–Crippen LogP) is 5.07. The normalized spacial score (nSPS) is 10.8. The number of carbonyl (C=O) groups is 1. The van der Waals surface area contributed by atoms with Crippen molar-refractivity contribution in [2.24, 2.45) is 0 Å². The van der Waals surface area contributed by atoms with Gasteiger partial charge in [-0.05, 0) is 53.6 Å². The molecule has 0 aliphatic heterocycles. The molecule has 0 fully saturated rings. The van der Waals surface area contributed by atoms with Crippen LogP contribution >= 0.6 is 0 Å². The molecule has 4 aromatic rings. The maximum absolute atomic E-state index is 13.5. The first-order valence-electron chi connectivity index (χ1n) is 8.99. The zero-order valence-corrected chi connectivity index (χ0v) is 15.1. The molecule has 3 aromatic carbocycles. The third kappa shape index (κ3) is 4.20. The first kappa shape index (κ1) is 17.8. The summed E-state index contributed by atoms with van der Waals surface area (Å²) >= 11 is 0. The smallest absolute Gasteiger partial charge is 0.228 e. The second kappa shape index (κ2) is 7.96. The Morgan fingerprint density at radius 1 is 1.00 bits per heavy atom. The summed E-state index contributed by atoms with van der Waals surface area (Å²) in [6.07, 6.45) is 1.90. The number of halogens is 1. The summed E-state index contributed by atoms with van der Waals surface area (Å²) in [7, 11) is 0. The van der Waals surface area contributed by atoms with E-state index in [4.69, 9.17) is 4.74 Å². The van der Waals surface area contributed by atoms with E-state index in [-0.39, 0.29) is 18.1 Å². The molecule has 0 atom stereocenters. The number of hydrogen-bond donors (Lipinski definition) is 2. The number of amides is 1. The van der Waals surface area contributed by atoms with Gasteiger partial charge >= 0.3 is 0 Å². The maximum atomic E-state index is 13.5. The van der Waals surface area contributed by atoms with Crippen LogP contribution in [0.1, 0.15) is 11.1 Å². The lowest BCUT2D eigenvalue weighted by Crippen LogP contribution is -2.14. The molecule has 1 heterocycles. The molecule has 4 nitrogen and oxygen atoms in total. The van der Waals surface area contributed by atoms with Crippen molar-refractivity contribution in [3.8, 4) is 5.75 Å². The van der Waals surface area contributed by atoms with E-state index in [1.54, 1.807) is 24.4 Å². The molecular formula is C23H19FN2O2. The lowest BCUT2D eigenvalue weighted by atomic mass is 10.1. The summed E-state index contributed by atoms with van der Waals surface area (Å²) in [6.45, 7) is 0.490. The van der Waals surface area contributed by atoms with Crippen LogP contribution in [0.5, 0.6) is 5.75 Å². The Morgan fingerprint density at radius 3 is 2.57 bits per heavy atom. The van der Waals surface area contributed by atoms with Crippen molar-refractivity contribution in [1.29, 1.82) is 0 Å². The van der Waals surface area contributed by atoms with Crippen molar-refractivity contribution in [1.82, 2.24) is 4.98 Å². The molecule has 140 valence electrons. The molecule has 4 rings (SSSR count). The van der Waals surface area contributed by atoms with Crippen LogP contribution in [0.3, 0.4) is 0 Å². The van der Waals surface area contributed by atoms with E-state index >= 15 is 0 Å². The van der Waals surface area contributed by atoms with Crippen LogP contribution in [0.4, 0.5) is 10.1 Å². The summed E-state index contributed by atoms with van der Waals surface area (Å²) in [6, 6.07) is 21.7. The maximum Gasteiger partial charge on any atom is 0.228 e. The zero-order chi connectivity index (χ0) is 19.3. The number of anilines is 1. The van der Waals surface area contributed by atoms with Gasteiger partial charge < -0.3 is 15.0 Å². The number of aromatic nitrogens is 1. The minimum Gasteiger partial charge on any atom is -0.489 e. The highest BCUT2D eigenvalue weighted by Gasteiger charge is 2.10. The van der Waals surface area contributed by atoms with Crippen molar-refractivity contribution >= 4 is 22.5 Å². The molecular weight excluding hydrogens is 355 g/mol. The summed E-state index contributed by atoms with van der Waals surface area (Å²) in [5.74, 6) is 0.247. The zero-order valence-electron chi connectivity index (χ0n) is 15.1. The van der Waals surface area contributed by atoms with Gasteiger partial charge in [0.2, 0.25) is 5.91 Å². The fraction of sp³-hybridized carbons (Fsp3) is 0.0870. The summed E-state index contributed by atoms with van der Waals surface area (Å²) < 4.78 is 19.2. The SMILES string of the molecule is O=C(Cc1c[nH]c2ccc(F)cc12)Nc1ccc(OCc2ccccc2)cc1. The van der Waals surface area contributed by atoms with Crippen LogP contribution in [0.25, 0.3) is 10.9 Å². The number of aromatic amines is 1. The van der Waals surface area contributed by atoms with Gasteiger partial charge in [0.1, 0.15) is 18.2 Å². The van der Waals surface area contributed by atoms with Gasteiger partial charge in [-0.3, -0.25) is 4.79 Å². The molecule has 0 radical (unpaired) electrons.